The highest BCUT2D eigenvalue weighted by Gasteiger charge is 2.12. The van der Waals surface area contributed by atoms with Gasteiger partial charge in [-0.15, -0.1) is 0 Å². The zero-order valence-corrected chi connectivity index (χ0v) is 9.65. The van der Waals surface area contributed by atoms with E-state index >= 15 is 0 Å². The average Bonchev–Trinajstić information content (AvgIpc) is 2.05. The summed E-state index contributed by atoms with van der Waals surface area (Å²) in [4.78, 5) is -0.242. The van der Waals surface area contributed by atoms with Gasteiger partial charge >= 0.3 is 0 Å². The fraction of sp³-hybridized carbons (Fsp3) is 0.400. The molecular formula is C10H15FO2S. The second-order valence-electron chi connectivity index (χ2n) is 2.71. The van der Waals surface area contributed by atoms with E-state index in [0.29, 0.717) is 5.56 Å². The third kappa shape index (κ3) is 3.46. The minimum atomic E-state index is -3.43. The maximum absolute atomic E-state index is 13.0. The first-order valence-corrected chi connectivity index (χ1v) is 6.26. The Labute approximate surface area is 84.7 Å². The highest BCUT2D eigenvalue weighted by Crippen LogP contribution is 2.14. The molecule has 1 rings (SSSR count). The quantitative estimate of drug-likeness (QED) is 0.726. The lowest BCUT2D eigenvalue weighted by Crippen LogP contribution is -2.00. The van der Waals surface area contributed by atoms with Crippen molar-refractivity contribution >= 4 is 9.84 Å². The number of benzene rings is 1. The van der Waals surface area contributed by atoms with Gasteiger partial charge in [0, 0.05) is 6.26 Å². The number of sulfone groups is 1. The van der Waals surface area contributed by atoms with Crippen LogP contribution < -0.4 is 0 Å². The minimum absolute atomic E-state index is 0.242. The molecular weight excluding hydrogens is 203 g/mol. The van der Waals surface area contributed by atoms with Crippen molar-refractivity contribution in [2.45, 2.75) is 25.7 Å². The molecule has 4 heteroatoms. The van der Waals surface area contributed by atoms with E-state index < -0.39 is 15.7 Å². The molecule has 0 radical (unpaired) electrons. The molecule has 0 atom stereocenters. The van der Waals surface area contributed by atoms with Crippen LogP contribution >= 0.6 is 0 Å². The molecule has 80 valence electrons. The summed E-state index contributed by atoms with van der Waals surface area (Å²) < 4.78 is 34.8. The molecule has 0 bridgehead atoms. The molecule has 0 spiro atoms. The first kappa shape index (κ1) is 13.1. The van der Waals surface area contributed by atoms with Gasteiger partial charge in [-0.1, -0.05) is 19.9 Å². The van der Waals surface area contributed by atoms with Gasteiger partial charge in [0.15, 0.2) is 9.84 Å². The molecule has 0 fully saturated rings. The Morgan fingerprint density at radius 3 is 2.07 bits per heavy atom. The van der Waals surface area contributed by atoms with Crippen molar-refractivity contribution < 1.29 is 12.8 Å². The number of hydrogen-bond acceptors (Lipinski definition) is 2. The van der Waals surface area contributed by atoms with Crippen LogP contribution in [0, 0.1) is 12.7 Å². The van der Waals surface area contributed by atoms with Crippen molar-refractivity contribution in [1.82, 2.24) is 0 Å². The third-order valence-corrected chi connectivity index (χ3v) is 2.62. The summed E-state index contributed by atoms with van der Waals surface area (Å²) in [5, 5.41) is 0. The second kappa shape index (κ2) is 5.10. The summed E-state index contributed by atoms with van der Waals surface area (Å²) in [6, 6.07) is 4.05. The summed E-state index contributed by atoms with van der Waals surface area (Å²) in [5.74, 6) is -0.683. The van der Waals surface area contributed by atoms with E-state index in [9.17, 15) is 12.8 Å². The summed E-state index contributed by atoms with van der Waals surface area (Å²) in [7, 11) is -3.43. The molecule has 0 heterocycles. The van der Waals surface area contributed by atoms with Crippen LogP contribution in [-0.4, -0.2) is 14.7 Å². The average molecular weight is 218 g/mol. The van der Waals surface area contributed by atoms with Crippen LogP contribution in [0.2, 0.25) is 0 Å². The van der Waals surface area contributed by atoms with Crippen LogP contribution in [-0.2, 0) is 9.84 Å². The fourth-order valence-corrected chi connectivity index (χ4v) is 1.63. The molecule has 0 unspecified atom stereocenters. The molecule has 0 aromatic heterocycles. The SMILES string of the molecule is CC.Cc1ccc(S(C)(=O)=O)c(F)c1. The monoisotopic (exact) mass is 218 g/mol. The third-order valence-electron chi connectivity index (χ3n) is 1.49. The van der Waals surface area contributed by atoms with E-state index in [2.05, 4.69) is 0 Å². The Bertz CT molecular complexity index is 397. The zero-order valence-electron chi connectivity index (χ0n) is 8.83. The zero-order chi connectivity index (χ0) is 11.4. The summed E-state index contributed by atoms with van der Waals surface area (Å²) in [6.45, 7) is 5.70. The van der Waals surface area contributed by atoms with Gasteiger partial charge < -0.3 is 0 Å². The van der Waals surface area contributed by atoms with Crippen LogP contribution in [0.15, 0.2) is 23.1 Å². The van der Waals surface area contributed by atoms with Crippen molar-refractivity contribution in [2.24, 2.45) is 0 Å². The Hall–Kier alpha value is -0.900. The summed E-state index contributed by atoms with van der Waals surface area (Å²) in [6.07, 6.45) is 0.987. The molecule has 0 aliphatic carbocycles. The van der Waals surface area contributed by atoms with Crippen molar-refractivity contribution in [3.8, 4) is 0 Å². The highest BCUT2D eigenvalue weighted by molar-refractivity contribution is 7.90. The lowest BCUT2D eigenvalue weighted by atomic mass is 10.2. The van der Waals surface area contributed by atoms with Crippen molar-refractivity contribution in [3.05, 3.63) is 29.6 Å². The molecule has 0 aliphatic rings. The standard InChI is InChI=1S/C8H9FO2S.C2H6/c1-6-3-4-8(7(9)5-6)12(2,10)11;1-2/h3-5H,1-2H3;1-2H3. The second-order valence-corrected chi connectivity index (χ2v) is 4.69. The first-order valence-electron chi connectivity index (χ1n) is 4.37. The molecule has 14 heavy (non-hydrogen) atoms. The molecule has 0 aliphatic heterocycles. The maximum atomic E-state index is 13.0. The largest absolute Gasteiger partial charge is 0.224 e. The van der Waals surface area contributed by atoms with E-state index in [4.69, 9.17) is 0 Å². The van der Waals surface area contributed by atoms with E-state index in [-0.39, 0.29) is 4.90 Å². The first-order chi connectivity index (χ1) is 6.41. The van der Waals surface area contributed by atoms with Crippen molar-refractivity contribution in [2.75, 3.05) is 6.26 Å². The topological polar surface area (TPSA) is 34.1 Å². The van der Waals surface area contributed by atoms with Crippen LogP contribution in [0.1, 0.15) is 19.4 Å². The number of rotatable bonds is 1. The summed E-state index contributed by atoms with van der Waals surface area (Å²) >= 11 is 0. The highest BCUT2D eigenvalue weighted by atomic mass is 32.2. The molecule has 0 saturated heterocycles. The number of aryl methyl sites for hydroxylation is 1. The predicted molar refractivity (Wildman–Crippen MR) is 55.6 cm³/mol. The number of halogens is 1. The molecule has 2 nitrogen and oxygen atoms in total. The lowest BCUT2D eigenvalue weighted by Gasteiger charge is -2.00. The molecule has 0 saturated carbocycles. The van der Waals surface area contributed by atoms with Gasteiger partial charge in [-0.25, -0.2) is 12.8 Å². The Morgan fingerprint density at radius 2 is 1.71 bits per heavy atom. The lowest BCUT2D eigenvalue weighted by molar-refractivity contribution is 0.570. The van der Waals surface area contributed by atoms with Crippen LogP contribution in [0.3, 0.4) is 0 Å². The molecule has 0 amide bonds. The molecule has 1 aromatic rings. The number of hydrogen-bond donors (Lipinski definition) is 0. The molecule has 0 N–H and O–H groups in total. The summed E-state index contributed by atoms with van der Waals surface area (Å²) in [5.41, 5.74) is 0.708. The van der Waals surface area contributed by atoms with Gasteiger partial charge in [-0.3, -0.25) is 0 Å². The van der Waals surface area contributed by atoms with E-state index in [1.54, 1.807) is 13.0 Å². The van der Waals surface area contributed by atoms with E-state index in [1.165, 1.54) is 12.1 Å². The van der Waals surface area contributed by atoms with Gasteiger partial charge in [0.1, 0.15) is 10.7 Å². The Kier molecular flexibility index (Phi) is 4.77. The Balaban J connectivity index is 0.000000791. The minimum Gasteiger partial charge on any atom is -0.224 e. The maximum Gasteiger partial charge on any atom is 0.178 e. The van der Waals surface area contributed by atoms with E-state index in [0.717, 1.165) is 6.26 Å². The smallest absolute Gasteiger partial charge is 0.178 e. The normalized spacial score (nSPS) is 10.4. The van der Waals surface area contributed by atoms with Gasteiger partial charge in [-0.2, -0.15) is 0 Å². The van der Waals surface area contributed by atoms with Crippen LogP contribution in [0.25, 0.3) is 0 Å². The van der Waals surface area contributed by atoms with Crippen LogP contribution in [0.5, 0.6) is 0 Å². The van der Waals surface area contributed by atoms with Gasteiger partial charge in [0.25, 0.3) is 0 Å². The predicted octanol–water partition coefficient (Wildman–Crippen LogP) is 2.56. The van der Waals surface area contributed by atoms with Crippen molar-refractivity contribution in [1.29, 1.82) is 0 Å². The van der Waals surface area contributed by atoms with Gasteiger partial charge in [-0.05, 0) is 24.6 Å². The Morgan fingerprint density at radius 1 is 1.21 bits per heavy atom. The van der Waals surface area contributed by atoms with E-state index in [1.807, 2.05) is 13.8 Å². The van der Waals surface area contributed by atoms with Gasteiger partial charge in [0.05, 0.1) is 0 Å². The van der Waals surface area contributed by atoms with Crippen molar-refractivity contribution in [3.63, 3.8) is 0 Å². The fourth-order valence-electron chi connectivity index (χ4n) is 0.907. The molecule has 1 aromatic carbocycles. The van der Waals surface area contributed by atoms with Crippen LogP contribution in [0.4, 0.5) is 4.39 Å². The van der Waals surface area contributed by atoms with Gasteiger partial charge in [0.2, 0.25) is 0 Å².